The molecule has 0 radical (unpaired) electrons. The lowest BCUT2D eigenvalue weighted by Gasteiger charge is -2.28. The Bertz CT molecular complexity index is 668. The zero-order chi connectivity index (χ0) is 18.7. The lowest BCUT2D eigenvalue weighted by atomic mass is 9.85. The van der Waals surface area contributed by atoms with E-state index in [9.17, 15) is 14.7 Å². The smallest absolute Gasteiger partial charge is 0.334 e. The monoisotopic (exact) mass is 346 g/mol. The predicted molar refractivity (Wildman–Crippen MR) is 94.6 cm³/mol. The first-order valence-corrected chi connectivity index (χ1v) is 8.50. The van der Waals surface area contributed by atoms with Gasteiger partial charge in [0.05, 0.1) is 12.0 Å². The van der Waals surface area contributed by atoms with Crippen molar-refractivity contribution in [3.8, 4) is 0 Å². The van der Waals surface area contributed by atoms with Crippen molar-refractivity contribution >= 4 is 11.9 Å². The van der Waals surface area contributed by atoms with Gasteiger partial charge in [0, 0.05) is 17.6 Å². The van der Waals surface area contributed by atoms with Gasteiger partial charge in [0.15, 0.2) is 0 Å². The molecule has 1 saturated heterocycles. The van der Waals surface area contributed by atoms with Crippen LogP contribution in [0.3, 0.4) is 0 Å². The fourth-order valence-corrected chi connectivity index (χ4v) is 3.04. The molecule has 136 valence electrons. The largest absolute Gasteiger partial charge is 0.458 e. The van der Waals surface area contributed by atoms with Crippen LogP contribution in [0.4, 0.5) is 0 Å². The van der Waals surface area contributed by atoms with Gasteiger partial charge in [-0.05, 0) is 45.8 Å². The van der Waals surface area contributed by atoms with Crippen LogP contribution < -0.4 is 0 Å². The van der Waals surface area contributed by atoms with Crippen LogP contribution in [0, 0.1) is 5.92 Å². The normalized spacial score (nSPS) is 35.0. The van der Waals surface area contributed by atoms with E-state index >= 15 is 0 Å². The van der Waals surface area contributed by atoms with E-state index in [4.69, 9.17) is 9.47 Å². The maximum Gasteiger partial charge on any atom is 0.334 e. The average Bonchev–Trinajstić information content (AvgIpc) is 2.84. The highest BCUT2D eigenvalue weighted by Gasteiger charge is 2.44. The summed E-state index contributed by atoms with van der Waals surface area (Å²) in [5, 5.41) is 10.2. The first-order valence-electron chi connectivity index (χ1n) is 8.50. The number of hydrogen-bond donors (Lipinski definition) is 1. The molecule has 5 heteroatoms. The van der Waals surface area contributed by atoms with Gasteiger partial charge in [-0.3, -0.25) is 0 Å². The van der Waals surface area contributed by atoms with E-state index in [1.165, 1.54) is 0 Å². The van der Waals surface area contributed by atoms with Gasteiger partial charge in [-0.25, -0.2) is 9.59 Å². The average molecular weight is 346 g/mol. The highest BCUT2D eigenvalue weighted by atomic mass is 16.6. The Morgan fingerprint density at radius 1 is 1.44 bits per heavy atom. The highest BCUT2D eigenvalue weighted by Crippen LogP contribution is 2.36. The molecule has 0 bridgehead atoms. The number of esters is 2. The van der Waals surface area contributed by atoms with E-state index in [1.807, 2.05) is 13.0 Å². The first kappa shape index (κ1) is 19.2. The highest BCUT2D eigenvalue weighted by molar-refractivity contribution is 5.92. The molecular formula is C20H26O5. The Hall–Kier alpha value is -2.14. The van der Waals surface area contributed by atoms with Gasteiger partial charge >= 0.3 is 11.9 Å². The number of rotatable bonds is 2. The molecule has 0 spiro atoms. The summed E-state index contributed by atoms with van der Waals surface area (Å²) in [5.41, 5.74) is 2.51. The topological polar surface area (TPSA) is 72.8 Å². The van der Waals surface area contributed by atoms with Crippen molar-refractivity contribution in [2.75, 3.05) is 0 Å². The summed E-state index contributed by atoms with van der Waals surface area (Å²) < 4.78 is 11.1. The summed E-state index contributed by atoms with van der Waals surface area (Å²) >= 11 is 0. The van der Waals surface area contributed by atoms with Crippen molar-refractivity contribution in [3.63, 3.8) is 0 Å². The van der Waals surface area contributed by atoms with Gasteiger partial charge in [0.1, 0.15) is 12.2 Å². The van der Waals surface area contributed by atoms with E-state index in [0.717, 1.165) is 11.1 Å². The van der Waals surface area contributed by atoms with Crippen molar-refractivity contribution < 1.29 is 24.2 Å². The molecule has 5 nitrogen and oxygen atoms in total. The van der Waals surface area contributed by atoms with Crippen molar-refractivity contribution in [1.29, 1.82) is 0 Å². The van der Waals surface area contributed by atoms with Crippen LogP contribution in [-0.2, 0) is 19.1 Å². The summed E-state index contributed by atoms with van der Waals surface area (Å²) in [5.74, 6) is -1.37. The van der Waals surface area contributed by atoms with Crippen molar-refractivity contribution in [2.24, 2.45) is 5.92 Å². The van der Waals surface area contributed by atoms with Crippen LogP contribution in [-0.4, -0.2) is 35.4 Å². The van der Waals surface area contributed by atoms with Crippen molar-refractivity contribution in [2.45, 2.75) is 58.8 Å². The third kappa shape index (κ3) is 4.28. The van der Waals surface area contributed by atoms with Crippen LogP contribution in [0.25, 0.3) is 0 Å². The SMILES string of the molecule is C=C1C(=O)O[C@@H]2/C=C(/C)[C@@H](O)C/C=C(\C)C[C@H](OC(=O)/C(C)=C/C)[C@@H]12. The van der Waals surface area contributed by atoms with Crippen LogP contribution in [0.5, 0.6) is 0 Å². The number of carbonyl (C=O) groups excluding carboxylic acids is 2. The van der Waals surface area contributed by atoms with Gasteiger partial charge < -0.3 is 14.6 Å². The van der Waals surface area contributed by atoms with Crippen LogP contribution in [0.15, 0.2) is 47.1 Å². The summed E-state index contributed by atoms with van der Waals surface area (Å²) in [6.45, 7) is 11.0. The minimum Gasteiger partial charge on any atom is -0.458 e. The van der Waals surface area contributed by atoms with Gasteiger partial charge in [0.25, 0.3) is 0 Å². The van der Waals surface area contributed by atoms with Gasteiger partial charge in [-0.1, -0.05) is 24.3 Å². The Morgan fingerprint density at radius 3 is 2.76 bits per heavy atom. The van der Waals surface area contributed by atoms with E-state index in [1.54, 1.807) is 32.9 Å². The molecule has 2 aliphatic rings. The second-order valence-electron chi connectivity index (χ2n) is 6.75. The molecule has 0 amide bonds. The first-order chi connectivity index (χ1) is 11.7. The Labute approximate surface area is 148 Å². The van der Waals surface area contributed by atoms with Crippen LogP contribution >= 0.6 is 0 Å². The summed E-state index contributed by atoms with van der Waals surface area (Å²) in [7, 11) is 0. The number of aliphatic hydroxyl groups is 1. The van der Waals surface area contributed by atoms with Gasteiger partial charge in [0.2, 0.25) is 0 Å². The maximum absolute atomic E-state index is 12.3. The molecule has 1 heterocycles. The van der Waals surface area contributed by atoms with E-state index in [2.05, 4.69) is 6.58 Å². The Kier molecular flexibility index (Phi) is 6.01. The van der Waals surface area contributed by atoms with Crippen LogP contribution in [0.2, 0.25) is 0 Å². The van der Waals surface area contributed by atoms with E-state index in [0.29, 0.717) is 24.0 Å². The molecule has 0 saturated carbocycles. The number of fused-ring (bicyclic) bond motifs is 1. The quantitative estimate of drug-likeness (QED) is 0.473. The van der Waals surface area contributed by atoms with Gasteiger partial charge in [-0.15, -0.1) is 0 Å². The van der Waals surface area contributed by atoms with Crippen LogP contribution in [0.1, 0.15) is 40.5 Å². The Balaban J connectivity index is 2.42. The second-order valence-corrected chi connectivity index (χ2v) is 6.75. The molecule has 0 aromatic carbocycles. The second kappa shape index (κ2) is 7.83. The summed E-state index contributed by atoms with van der Waals surface area (Å²) in [6, 6.07) is 0. The molecule has 1 N–H and O–H groups in total. The minimum atomic E-state index is -0.632. The third-order valence-corrected chi connectivity index (χ3v) is 4.84. The molecule has 1 fully saturated rings. The summed E-state index contributed by atoms with van der Waals surface area (Å²) in [4.78, 5) is 24.3. The van der Waals surface area contributed by atoms with Crippen molar-refractivity contribution in [1.82, 2.24) is 0 Å². The number of aliphatic hydroxyl groups excluding tert-OH is 1. The predicted octanol–water partition coefficient (Wildman–Crippen LogP) is 3.01. The molecule has 0 aromatic rings. The standard InChI is InChI=1S/C20H26O5/c1-6-12(3)19(22)24-16-9-11(2)7-8-15(21)13(4)10-17-18(16)14(5)20(23)25-17/h6-7,10,15-18,21H,5,8-9H2,1-4H3/b11-7+,12-6+,13-10-/t15-,16-,17+,18+/m0/s1. The van der Waals surface area contributed by atoms with Gasteiger partial charge in [-0.2, -0.15) is 0 Å². The molecule has 25 heavy (non-hydrogen) atoms. The molecule has 1 aliphatic carbocycles. The minimum absolute atomic E-state index is 0.299. The molecule has 0 unspecified atom stereocenters. The van der Waals surface area contributed by atoms with E-state index < -0.39 is 36.2 Å². The molecule has 4 atom stereocenters. The summed E-state index contributed by atoms with van der Waals surface area (Å²) in [6.07, 6.45) is 4.51. The van der Waals surface area contributed by atoms with Crippen molar-refractivity contribution in [3.05, 3.63) is 47.1 Å². The zero-order valence-corrected chi connectivity index (χ0v) is 15.2. The maximum atomic E-state index is 12.3. The molecule has 1 aliphatic heterocycles. The number of allylic oxidation sites excluding steroid dienone is 1. The fraction of sp³-hybridized carbons (Fsp3) is 0.500. The number of carbonyl (C=O) groups is 2. The Morgan fingerprint density at radius 2 is 2.12 bits per heavy atom. The number of hydrogen-bond acceptors (Lipinski definition) is 5. The lowest BCUT2D eigenvalue weighted by Crippen LogP contribution is -2.34. The molecule has 2 rings (SSSR count). The molecular weight excluding hydrogens is 320 g/mol. The number of ether oxygens (including phenoxy) is 2. The lowest BCUT2D eigenvalue weighted by molar-refractivity contribution is -0.147. The third-order valence-electron chi connectivity index (χ3n) is 4.84. The molecule has 0 aromatic heterocycles. The van der Waals surface area contributed by atoms with E-state index in [-0.39, 0.29) is 0 Å². The zero-order valence-electron chi connectivity index (χ0n) is 15.2. The fourth-order valence-electron chi connectivity index (χ4n) is 3.04.